The van der Waals surface area contributed by atoms with Crippen molar-refractivity contribution < 1.29 is 8.78 Å². The Morgan fingerprint density at radius 2 is 1.80 bits per heavy atom. The molecule has 0 aliphatic carbocycles. The Bertz CT molecular complexity index is 152. The number of piperidine rings is 1. The predicted octanol–water partition coefficient (Wildman–Crippen LogP) is 1.20. The van der Waals surface area contributed by atoms with Crippen LogP contribution in [0.3, 0.4) is 0 Å². The first-order valence-electron chi connectivity index (χ1n) is 3.16. The summed E-state index contributed by atoms with van der Waals surface area (Å²) in [4.78, 5) is 1.36. The van der Waals surface area contributed by atoms with Crippen molar-refractivity contribution in [1.29, 1.82) is 5.26 Å². The van der Waals surface area contributed by atoms with Gasteiger partial charge in [0.2, 0.25) is 0 Å². The number of nitrogens with zero attached hydrogens (tertiary/aromatic N) is 2. The van der Waals surface area contributed by atoms with Crippen LogP contribution >= 0.6 is 0 Å². The molecule has 0 radical (unpaired) electrons. The van der Waals surface area contributed by atoms with E-state index in [9.17, 15) is 8.78 Å². The molecule has 1 rings (SSSR count). The maximum atomic E-state index is 12.4. The van der Waals surface area contributed by atoms with Crippen molar-refractivity contribution >= 4 is 0 Å². The van der Waals surface area contributed by atoms with Crippen LogP contribution < -0.4 is 0 Å². The molecule has 2 nitrogen and oxygen atoms in total. The van der Waals surface area contributed by atoms with E-state index in [1.165, 1.54) is 4.90 Å². The van der Waals surface area contributed by atoms with Crippen LogP contribution in [0.25, 0.3) is 0 Å². The first-order valence-corrected chi connectivity index (χ1v) is 3.16. The molecule has 1 fully saturated rings. The van der Waals surface area contributed by atoms with Crippen molar-refractivity contribution in [2.45, 2.75) is 18.8 Å². The van der Waals surface area contributed by atoms with Crippen molar-refractivity contribution in [3.05, 3.63) is 0 Å². The highest BCUT2D eigenvalue weighted by Crippen LogP contribution is 2.26. The zero-order valence-corrected chi connectivity index (χ0v) is 5.48. The number of likely N-dealkylation sites (tertiary alicyclic amines) is 1. The molecule has 0 spiro atoms. The Balaban J connectivity index is 2.40. The molecule has 0 atom stereocenters. The third kappa shape index (κ3) is 1.56. The van der Waals surface area contributed by atoms with E-state index in [2.05, 4.69) is 0 Å². The molecule has 0 aromatic rings. The SMILES string of the molecule is N#CN1CCC(F)(F)CC1. The Morgan fingerprint density at radius 3 is 2.20 bits per heavy atom. The summed E-state index contributed by atoms with van der Waals surface area (Å²) in [6.07, 6.45) is 1.48. The summed E-state index contributed by atoms with van der Waals surface area (Å²) in [6.45, 7) is 0.396. The molecule has 4 heteroatoms. The van der Waals surface area contributed by atoms with Crippen LogP contribution in [0.5, 0.6) is 0 Å². The van der Waals surface area contributed by atoms with Gasteiger partial charge in [0.1, 0.15) is 0 Å². The average molecular weight is 146 g/mol. The number of alkyl halides is 2. The maximum Gasteiger partial charge on any atom is 0.251 e. The lowest BCUT2D eigenvalue weighted by Crippen LogP contribution is -2.36. The molecule has 56 valence electrons. The molecule has 10 heavy (non-hydrogen) atoms. The highest BCUT2D eigenvalue weighted by molar-refractivity contribution is 4.83. The number of hydrogen-bond donors (Lipinski definition) is 0. The number of nitriles is 1. The molecular weight excluding hydrogens is 138 g/mol. The molecule has 0 amide bonds. The molecule has 0 bridgehead atoms. The van der Waals surface area contributed by atoms with Gasteiger partial charge in [-0.25, -0.2) is 8.78 Å². The van der Waals surface area contributed by atoms with Crippen molar-refractivity contribution in [3.63, 3.8) is 0 Å². The summed E-state index contributed by atoms with van der Waals surface area (Å²) >= 11 is 0. The molecular formula is C6H8F2N2. The highest BCUT2D eigenvalue weighted by Gasteiger charge is 2.33. The van der Waals surface area contributed by atoms with Crippen LogP contribution in [-0.4, -0.2) is 23.9 Å². The van der Waals surface area contributed by atoms with Crippen molar-refractivity contribution in [2.24, 2.45) is 0 Å². The smallest absolute Gasteiger partial charge is 0.251 e. The van der Waals surface area contributed by atoms with Crippen LogP contribution in [0.1, 0.15) is 12.8 Å². The zero-order chi connectivity index (χ0) is 7.61. The van der Waals surface area contributed by atoms with E-state index in [4.69, 9.17) is 5.26 Å². The predicted molar refractivity (Wildman–Crippen MR) is 31.4 cm³/mol. The molecule has 1 heterocycles. The van der Waals surface area contributed by atoms with Gasteiger partial charge < -0.3 is 4.90 Å². The fourth-order valence-corrected chi connectivity index (χ4v) is 0.934. The lowest BCUT2D eigenvalue weighted by Gasteiger charge is -2.27. The van der Waals surface area contributed by atoms with Crippen molar-refractivity contribution in [2.75, 3.05) is 13.1 Å². The van der Waals surface area contributed by atoms with Gasteiger partial charge >= 0.3 is 0 Å². The third-order valence-electron chi connectivity index (χ3n) is 1.64. The third-order valence-corrected chi connectivity index (χ3v) is 1.64. The van der Waals surface area contributed by atoms with Crippen LogP contribution in [0, 0.1) is 11.5 Å². The van der Waals surface area contributed by atoms with Gasteiger partial charge in [0.25, 0.3) is 5.92 Å². The second-order valence-corrected chi connectivity index (χ2v) is 2.44. The molecule has 0 aromatic heterocycles. The first kappa shape index (κ1) is 7.26. The fourth-order valence-electron chi connectivity index (χ4n) is 0.934. The fraction of sp³-hybridized carbons (Fsp3) is 0.833. The zero-order valence-electron chi connectivity index (χ0n) is 5.48. The van der Waals surface area contributed by atoms with Crippen molar-refractivity contribution in [1.82, 2.24) is 4.90 Å². The molecule has 0 N–H and O–H groups in total. The Labute approximate surface area is 58.0 Å². The molecule has 0 saturated carbocycles. The maximum absolute atomic E-state index is 12.4. The summed E-state index contributed by atoms with van der Waals surface area (Å²) in [5, 5.41) is 8.29. The highest BCUT2D eigenvalue weighted by atomic mass is 19.3. The summed E-state index contributed by atoms with van der Waals surface area (Å²) in [5.74, 6) is -2.53. The first-order chi connectivity index (χ1) is 4.64. The van der Waals surface area contributed by atoms with Crippen LogP contribution in [0.2, 0.25) is 0 Å². The summed E-state index contributed by atoms with van der Waals surface area (Å²) in [5.41, 5.74) is 0. The van der Waals surface area contributed by atoms with Crippen molar-refractivity contribution in [3.8, 4) is 6.19 Å². The molecule has 0 unspecified atom stereocenters. The standard InChI is InChI=1S/C6H8F2N2/c7-6(8)1-3-10(5-9)4-2-6/h1-4H2. The van der Waals surface area contributed by atoms with Gasteiger partial charge in [-0.3, -0.25) is 0 Å². The van der Waals surface area contributed by atoms with Gasteiger partial charge in [-0.2, -0.15) is 5.26 Å². The Hall–Kier alpha value is -0.850. The second kappa shape index (κ2) is 2.41. The van der Waals surface area contributed by atoms with Crippen LogP contribution in [0.4, 0.5) is 8.78 Å². The lowest BCUT2D eigenvalue weighted by molar-refractivity contribution is -0.0455. The minimum atomic E-state index is -2.53. The topological polar surface area (TPSA) is 27.0 Å². The minimum Gasteiger partial charge on any atom is -0.310 e. The number of halogens is 2. The van der Waals surface area contributed by atoms with Gasteiger partial charge in [-0.15, -0.1) is 0 Å². The van der Waals surface area contributed by atoms with Gasteiger partial charge in [0.05, 0.1) is 0 Å². The van der Waals surface area contributed by atoms with Gasteiger partial charge in [-0.05, 0) is 0 Å². The summed E-state index contributed by atoms with van der Waals surface area (Å²) in [6, 6.07) is 0. The van der Waals surface area contributed by atoms with Gasteiger partial charge in [0.15, 0.2) is 6.19 Å². The minimum absolute atomic E-state index is 0.180. The van der Waals surface area contributed by atoms with E-state index >= 15 is 0 Å². The molecule has 1 aliphatic heterocycles. The molecule has 1 aliphatic rings. The largest absolute Gasteiger partial charge is 0.310 e. The van der Waals surface area contributed by atoms with E-state index in [-0.39, 0.29) is 25.9 Å². The van der Waals surface area contributed by atoms with E-state index in [1.54, 1.807) is 0 Å². The number of rotatable bonds is 0. The molecule has 0 aromatic carbocycles. The van der Waals surface area contributed by atoms with Crippen LogP contribution in [-0.2, 0) is 0 Å². The monoisotopic (exact) mass is 146 g/mol. The average Bonchev–Trinajstić information content (AvgIpc) is 1.88. The van der Waals surface area contributed by atoms with E-state index in [0.29, 0.717) is 0 Å². The normalized spacial score (nSPS) is 23.9. The lowest BCUT2D eigenvalue weighted by atomic mass is 10.1. The summed E-state index contributed by atoms with van der Waals surface area (Å²) in [7, 11) is 0. The van der Waals surface area contributed by atoms with Crippen LogP contribution in [0.15, 0.2) is 0 Å². The van der Waals surface area contributed by atoms with Gasteiger partial charge in [-0.1, -0.05) is 0 Å². The van der Waals surface area contributed by atoms with E-state index in [1.807, 2.05) is 6.19 Å². The Kier molecular flexibility index (Phi) is 1.75. The quantitative estimate of drug-likeness (QED) is 0.480. The van der Waals surface area contributed by atoms with Gasteiger partial charge in [0, 0.05) is 25.9 Å². The summed E-state index contributed by atoms with van der Waals surface area (Å²) < 4.78 is 24.8. The van der Waals surface area contributed by atoms with E-state index < -0.39 is 5.92 Å². The Morgan fingerprint density at radius 1 is 1.30 bits per heavy atom. The molecule has 1 saturated heterocycles. The number of hydrogen-bond acceptors (Lipinski definition) is 2. The van der Waals surface area contributed by atoms with E-state index in [0.717, 1.165) is 0 Å². The second-order valence-electron chi connectivity index (χ2n) is 2.44.